The number of carbonyl (C=O) groups excluding carboxylic acids is 2. The summed E-state index contributed by atoms with van der Waals surface area (Å²) in [6, 6.07) is 18.8. The molecule has 1 N–H and O–H groups in total. The molecule has 2 amide bonds. The van der Waals surface area contributed by atoms with E-state index in [-0.39, 0.29) is 29.1 Å². The van der Waals surface area contributed by atoms with Crippen LogP contribution in [0.25, 0.3) is 0 Å². The van der Waals surface area contributed by atoms with Gasteiger partial charge in [-0.25, -0.2) is 8.42 Å². The van der Waals surface area contributed by atoms with Crippen molar-refractivity contribution in [2.45, 2.75) is 50.7 Å². The first-order valence-electron chi connectivity index (χ1n) is 13.6. The first kappa shape index (κ1) is 32.3. The van der Waals surface area contributed by atoms with Gasteiger partial charge in [-0.3, -0.25) is 13.9 Å². The lowest BCUT2D eigenvalue weighted by Crippen LogP contribution is -2.52. The Hall–Kier alpha value is -4.25. The summed E-state index contributed by atoms with van der Waals surface area (Å²) in [4.78, 5) is 28.5. The van der Waals surface area contributed by atoms with Crippen molar-refractivity contribution >= 4 is 27.5 Å². The third-order valence-electron chi connectivity index (χ3n) is 6.92. The van der Waals surface area contributed by atoms with Crippen LogP contribution in [0.1, 0.15) is 32.8 Å². The lowest BCUT2D eigenvalue weighted by molar-refractivity contribution is -0.139. The summed E-state index contributed by atoms with van der Waals surface area (Å²) in [5.74, 6) is 0.294. The van der Waals surface area contributed by atoms with Gasteiger partial charge in [0.05, 0.1) is 31.9 Å². The van der Waals surface area contributed by atoms with Crippen LogP contribution in [-0.4, -0.2) is 65.1 Å². The van der Waals surface area contributed by atoms with Crippen molar-refractivity contribution in [1.82, 2.24) is 10.2 Å². The molecular formula is C31H39N3O7S. The monoisotopic (exact) mass is 597 g/mol. The highest BCUT2D eigenvalue weighted by molar-refractivity contribution is 7.92. The fraction of sp³-hybridized carbons (Fsp3) is 0.355. The molecule has 0 saturated heterocycles. The van der Waals surface area contributed by atoms with Crippen molar-refractivity contribution in [2.24, 2.45) is 0 Å². The fourth-order valence-electron chi connectivity index (χ4n) is 4.24. The van der Waals surface area contributed by atoms with Crippen molar-refractivity contribution in [2.75, 3.05) is 32.2 Å². The predicted molar refractivity (Wildman–Crippen MR) is 161 cm³/mol. The van der Waals surface area contributed by atoms with E-state index in [4.69, 9.17) is 14.2 Å². The second kappa shape index (κ2) is 14.6. The average Bonchev–Trinajstić information content (AvgIpc) is 3.01. The Morgan fingerprint density at radius 1 is 0.857 bits per heavy atom. The van der Waals surface area contributed by atoms with E-state index in [2.05, 4.69) is 5.32 Å². The van der Waals surface area contributed by atoms with E-state index in [1.165, 1.54) is 37.3 Å². The first-order chi connectivity index (χ1) is 20.0. The molecule has 0 aliphatic carbocycles. The topological polar surface area (TPSA) is 114 Å². The highest BCUT2D eigenvalue weighted by atomic mass is 32.2. The Kier molecular flexibility index (Phi) is 11.2. The summed E-state index contributed by atoms with van der Waals surface area (Å²) in [5.41, 5.74) is 1.01. The predicted octanol–water partition coefficient (Wildman–Crippen LogP) is 4.24. The van der Waals surface area contributed by atoms with Crippen LogP contribution in [0.15, 0.2) is 77.7 Å². The van der Waals surface area contributed by atoms with Gasteiger partial charge in [-0.15, -0.1) is 0 Å². The average molecular weight is 598 g/mol. The van der Waals surface area contributed by atoms with Crippen molar-refractivity contribution in [3.63, 3.8) is 0 Å². The molecule has 0 spiro atoms. The molecule has 0 saturated carbocycles. The number of methoxy groups -OCH3 is 3. The van der Waals surface area contributed by atoms with Crippen LogP contribution in [0.5, 0.6) is 17.2 Å². The van der Waals surface area contributed by atoms with E-state index in [1.54, 1.807) is 62.6 Å². The smallest absolute Gasteiger partial charge is 0.264 e. The van der Waals surface area contributed by atoms with E-state index >= 15 is 0 Å². The molecule has 2 atom stereocenters. The summed E-state index contributed by atoms with van der Waals surface area (Å²) in [5, 5.41) is 2.92. The van der Waals surface area contributed by atoms with Gasteiger partial charge in [0.1, 0.15) is 18.3 Å². The summed E-state index contributed by atoms with van der Waals surface area (Å²) in [6.07, 6.45) is 0.716. The van der Waals surface area contributed by atoms with Gasteiger partial charge in [-0.1, -0.05) is 37.3 Å². The number of amides is 2. The van der Waals surface area contributed by atoms with Gasteiger partial charge in [-0.05, 0) is 62.2 Å². The minimum Gasteiger partial charge on any atom is -0.497 e. The highest BCUT2D eigenvalue weighted by Gasteiger charge is 2.33. The summed E-state index contributed by atoms with van der Waals surface area (Å²) in [7, 11) is 0.146. The van der Waals surface area contributed by atoms with Crippen LogP contribution in [0.4, 0.5) is 5.69 Å². The number of hydrogen-bond acceptors (Lipinski definition) is 7. The van der Waals surface area contributed by atoms with Crippen LogP contribution in [0.3, 0.4) is 0 Å². The molecule has 3 rings (SSSR count). The zero-order valence-electron chi connectivity index (χ0n) is 24.9. The van der Waals surface area contributed by atoms with Crippen LogP contribution >= 0.6 is 0 Å². The largest absolute Gasteiger partial charge is 0.497 e. The number of nitrogens with zero attached hydrogens (tertiary/aromatic N) is 2. The van der Waals surface area contributed by atoms with Gasteiger partial charge in [-0.2, -0.15) is 0 Å². The van der Waals surface area contributed by atoms with Crippen molar-refractivity contribution in [3.8, 4) is 17.2 Å². The van der Waals surface area contributed by atoms with Crippen LogP contribution < -0.4 is 23.8 Å². The van der Waals surface area contributed by atoms with E-state index in [1.807, 2.05) is 19.9 Å². The number of rotatable bonds is 14. The minimum atomic E-state index is -4.26. The molecule has 10 nitrogen and oxygen atoms in total. The molecule has 0 radical (unpaired) electrons. The van der Waals surface area contributed by atoms with Gasteiger partial charge in [0.15, 0.2) is 11.5 Å². The lowest BCUT2D eigenvalue weighted by atomic mass is 10.1. The van der Waals surface area contributed by atoms with Gasteiger partial charge < -0.3 is 24.4 Å². The number of para-hydroxylation sites is 1. The molecule has 226 valence electrons. The minimum absolute atomic E-state index is 0.0597. The van der Waals surface area contributed by atoms with Gasteiger partial charge >= 0.3 is 0 Å². The molecule has 0 aliphatic heterocycles. The lowest BCUT2D eigenvalue weighted by Gasteiger charge is -2.32. The van der Waals surface area contributed by atoms with Crippen LogP contribution in [0.2, 0.25) is 0 Å². The number of carbonyl (C=O) groups is 2. The molecule has 0 aliphatic rings. The Morgan fingerprint density at radius 3 is 2.17 bits per heavy atom. The third kappa shape index (κ3) is 7.73. The molecular weight excluding hydrogens is 558 g/mol. The number of nitrogens with one attached hydrogen (secondary N) is 1. The van der Waals surface area contributed by atoms with Gasteiger partial charge in [0, 0.05) is 18.7 Å². The molecule has 11 heteroatoms. The molecule has 0 aromatic heterocycles. The maximum absolute atomic E-state index is 14.1. The number of sulfonamides is 1. The standard InChI is InChI=1S/C31H39N3O7S/c1-7-22(2)32-31(36)23(3)33(20-24-12-11-15-26(18-24)39-4)30(35)21-34(25-13-9-8-10-14-25)42(37,38)27-16-17-28(40-5)29(19-27)41-6/h8-19,22-23H,7,20-21H2,1-6H3,(H,32,36)/t22-,23-/m1/s1. The normalized spacial score (nSPS) is 12.5. The number of benzene rings is 3. The quantitative estimate of drug-likeness (QED) is 0.296. The second-order valence-electron chi connectivity index (χ2n) is 9.73. The molecule has 0 unspecified atom stereocenters. The van der Waals surface area contributed by atoms with Crippen molar-refractivity contribution in [3.05, 3.63) is 78.4 Å². The highest BCUT2D eigenvalue weighted by Crippen LogP contribution is 2.32. The molecule has 0 heterocycles. The molecule has 3 aromatic carbocycles. The summed E-state index contributed by atoms with van der Waals surface area (Å²) < 4.78 is 45.1. The fourth-order valence-corrected chi connectivity index (χ4v) is 5.67. The Labute approximate surface area is 248 Å². The van der Waals surface area contributed by atoms with Crippen LogP contribution in [0, 0.1) is 0 Å². The van der Waals surface area contributed by atoms with E-state index in [9.17, 15) is 18.0 Å². The maximum Gasteiger partial charge on any atom is 0.264 e. The maximum atomic E-state index is 14.1. The zero-order chi connectivity index (χ0) is 30.9. The molecule has 0 bridgehead atoms. The van der Waals surface area contributed by atoms with E-state index < -0.39 is 28.5 Å². The first-order valence-corrected chi connectivity index (χ1v) is 15.0. The second-order valence-corrected chi connectivity index (χ2v) is 11.6. The summed E-state index contributed by atoms with van der Waals surface area (Å²) >= 11 is 0. The number of hydrogen-bond donors (Lipinski definition) is 1. The molecule has 3 aromatic rings. The number of anilines is 1. The number of ether oxygens (including phenoxy) is 3. The van der Waals surface area contributed by atoms with Crippen molar-refractivity contribution in [1.29, 1.82) is 0 Å². The van der Waals surface area contributed by atoms with E-state index in [0.29, 0.717) is 23.6 Å². The Morgan fingerprint density at radius 2 is 1.55 bits per heavy atom. The van der Waals surface area contributed by atoms with E-state index in [0.717, 1.165) is 9.87 Å². The van der Waals surface area contributed by atoms with Crippen LogP contribution in [-0.2, 0) is 26.2 Å². The summed E-state index contributed by atoms with van der Waals surface area (Å²) in [6.45, 7) is 4.97. The van der Waals surface area contributed by atoms with Crippen molar-refractivity contribution < 1.29 is 32.2 Å². The SMILES string of the molecule is CC[C@@H](C)NC(=O)[C@@H](C)N(Cc1cccc(OC)c1)C(=O)CN(c1ccccc1)S(=O)(=O)c1ccc(OC)c(OC)c1. The van der Waals surface area contributed by atoms with Gasteiger partial charge in [0.25, 0.3) is 10.0 Å². The molecule has 42 heavy (non-hydrogen) atoms. The Bertz CT molecular complexity index is 1460. The third-order valence-corrected chi connectivity index (χ3v) is 8.69. The molecule has 0 fully saturated rings. The van der Waals surface area contributed by atoms with Gasteiger partial charge in [0.2, 0.25) is 11.8 Å². The Balaban J connectivity index is 2.05. The zero-order valence-corrected chi connectivity index (χ0v) is 25.7.